The molecule has 2 saturated heterocycles. The molecular formula is C16H22N4O4. The van der Waals surface area contributed by atoms with Gasteiger partial charge in [-0.1, -0.05) is 0 Å². The maximum Gasteiger partial charge on any atom is 0.317 e. The second-order valence-corrected chi connectivity index (χ2v) is 6.24. The molecule has 1 aromatic carbocycles. The third kappa shape index (κ3) is 3.28. The van der Waals surface area contributed by atoms with Crippen LogP contribution in [0.15, 0.2) is 18.2 Å². The third-order valence-corrected chi connectivity index (χ3v) is 4.78. The van der Waals surface area contributed by atoms with Gasteiger partial charge in [0, 0.05) is 38.3 Å². The van der Waals surface area contributed by atoms with Crippen LogP contribution < -0.4 is 10.2 Å². The van der Waals surface area contributed by atoms with Crippen molar-refractivity contribution < 1.29 is 14.8 Å². The van der Waals surface area contributed by atoms with Crippen molar-refractivity contribution in [1.29, 1.82) is 0 Å². The first-order valence-electron chi connectivity index (χ1n) is 8.27. The first-order chi connectivity index (χ1) is 11.6. The Kier molecular flexibility index (Phi) is 4.84. The Morgan fingerprint density at radius 2 is 2.04 bits per heavy atom. The molecule has 0 aliphatic carbocycles. The topological polar surface area (TPSA) is 99.0 Å². The van der Waals surface area contributed by atoms with Gasteiger partial charge < -0.3 is 20.2 Å². The number of urea groups is 1. The summed E-state index contributed by atoms with van der Waals surface area (Å²) in [6, 6.07) is 4.89. The minimum Gasteiger partial charge on any atom is -0.392 e. The Morgan fingerprint density at radius 3 is 2.67 bits per heavy atom. The molecule has 0 saturated carbocycles. The van der Waals surface area contributed by atoms with Crippen molar-refractivity contribution in [2.75, 3.05) is 31.1 Å². The molecule has 8 heteroatoms. The van der Waals surface area contributed by atoms with Crippen molar-refractivity contribution in [3.05, 3.63) is 33.9 Å². The van der Waals surface area contributed by atoms with Crippen LogP contribution in [0.2, 0.25) is 0 Å². The molecule has 2 aliphatic heterocycles. The van der Waals surface area contributed by atoms with E-state index >= 15 is 0 Å². The average Bonchev–Trinajstić information content (AvgIpc) is 2.61. The van der Waals surface area contributed by atoms with E-state index in [0.717, 1.165) is 32.4 Å². The number of anilines is 1. The van der Waals surface area contributed by atoms with Crippen LogP contribution in [0, 0.1) is 10.1 Å². The quantitative estimate of drug-likeness (QED) is 0.642. The van der Waals surface area contributed by atoms with Crippen LogP contribution in [0.25, 0.3) is 0 Å². The number of amides is 2. The molecule has 0 radical (unpaired) electrons. The molecule has 2 heterocycles. The Balaban J connectivity index is 1.72. The molecule has 2 N–H and O–H groups in total. The summed E-state index contributed by atoms with van der Waals surface area (Å²) in [6.07, 6.45) is 2.53. The highest BCUT2D eigenvalue weighted by molar-refractivity contribution is 5.75. The minimum atomic E-state index is -0.388. The Bertz CT molecular complexity index is 629. The number of piperidine rings is 1. The van der Waals surface area contributed by atoms with Gasteiger partial charge in [0.1, 0.15) is 5.69 Å². The van der Waals surface area contributed by atoms with Crippen LogP contribution in [-0.2, 0) is 6.61 Å². The van der Waals surface area contributed by atoms with Gasteiger partial charge in [0.25, 0.3) is 5.69 Å². The van der Waals surface area contributed by atoms with E-state index < -0.39 is 0 Å². The molecule has 0 bridgehead atoms. The second-order valence-electron chi connectivity index (χ2n) is 6.24. The highest BCUT2D eigenvalue weighted by Gasteiger charge is 2.31. The van der Waals surface area contributed by atoms with Crippen LogP contribution in [0.5, 0.6) is 0 Å². The number of nitrogens with one attached hydrogen (secondary N) is 1. The molecule has 130 valence electrons. The lowest BCUT2D eigenvalue weighted by molar-refractivity contribution is -0.384. The van der Waals surface area contributed by atoms with Crippen molar-refractivity contribution >= 4 is 17.4 Å². The van der Waals surface area contributed by atoms with E-state index in [1.54, 1.807) is 12.1 Å². The maximum atomic E-state index is 12.0. The van der Waals surface area contributed by atoms with E-state index in [-0.39, 0.29) is 29.3 Å². The van der Waals surface area contributed by atoms with Crippen molar-refractivity contribution in [1.82, 2.24) is 10.2 Å². The lowest BCUT2D eigenvalue weighted by Gasteiger charge is -2.40. The number of aliphatic hydroxyl groups excluding tert-OH is 1. The SMILES string of the molecule is O=C1NCCCN1C1CCN(c2cc(CO)ccc2[N+](=O)[O-])CC1. The number of hydrogen-bond donors (Lipinski definition) is 2. The minimum absolute atomic E-state index is 0.00652. The zero-order valence-corrected chi connectivity index (χ0v) is 13.5. The van der Waals surface area contributed by atoms with E-state index in [4.69, 9.17) is 0 Å². The number of nitrogens with zero attached hydrogens (tertiary/aromatic N) is 3. The number of benzene rings is 1. The monoisotopic (exact) mass is 334 g/mol. The number of rotatable bonds is 4. The van der Waals surface area contributed by atoms with Crippen molar-refractivity contribution in [2.45, 2.75) is 31.9 Å². The molecule has 0 spiro atoms. The highest BCUT2D eigenvalue weighted by atomic mass is 16.6. The molecule has 24 heavy (non-hydrogen) atoms. The number of carbonyl (C=O) groups is 1. The van der Waals surface area contributed by atoms with Crippen molar-refractivity contribution in [3.8, 4) is 0 Å². The average molecular weight is 334 g/mol. The summed E-state index contributed by atoms with van der Waals surface area (Å²) in [4.78, 5) is 26.7. The molecule has 2 aliphatic rings. The summed E-state index contributed by atoms with van der Waals surface area (Å²) in [5, 5.41) is 23.4. The number of hydrogen-bond acceptors (Lipinski definition) is 5. The van der Waals surface area contributed by atoms with Gasteiger partial charge in [-0.25, -0.2) is 4.79 Å². The fraction of sp³-hybridized carbons (Fsp3) is 0.562. The first-order valence-corrected chi connectivity index (χ1v) is 8.27. The van der Waals surface area contributed by atoms with Gasteiger partial charge in [-0.15, -0.1) is 0 Å². The third-order valence-electron chi connectivity index (χ3n) is 4.78. The fourth-order valence-corrected chi connectivity index (χ4v) is 3.49. The lowest BCUT2D eigenvalue weighted by Crippen LogP contribution is -2.54. The largest absolute Gasteiger partial charge is 0.392 e. The second kappa shape index (κ2) is 7.04. The molecule has 0 aromatic heterocycles. The number of nitro groups is 1. The van der Waals surface area contributed by atoms with E-state index in [1.807, 2.05) is 9.80 Å². The molecular weight excluding hydrogens is 312 g/mol. The Hall–Kier alpha value is -2.35. The fourth-order valence-electron chi connectivity index (χ4n) is 3.49. The lowest BCUT2D eigenvalue weighted by atomic mass is 10.0. The number of nitro benzene ring substituents is 1. The number of carbonyl (C=O) groups excluding carboxylic acids is 1. The van der Waals surface area contributed by atoms with Crippen LogP contribution in [0.4, 0.5) is 16.2 Å². The summed E-state index contributed by atoms with van der Waals surface area (Å²) >= 11 is 0. The molecule has 3 rings (SSSR count). The van der Waals surface area contributed by atoms with Gasteiger partial charge in [-0.3, -0.25) is 10.1 Å². The summed E-state index contributed by atoms with van der Waals surface area (Å²) in [6.45, 7) is 2.68. The summed E-state index contributed by atoms with van der Waals surface area (Å²) in [5.74, 6) is 0. The van der Waals surface area contributed by atoms with Crippen molar-refractivity contribution in [2.24, 2.45) is 0 Å². The molecule has 0 unspecified atom stereocenters. The summed E-state index contributed by atoms with van der Waals surface area (Å²) < 4.78 is 0. The van der Waals surface area contributed by atoms with Gasteiger partial charge in [0.05, 0.1) is 11.5 Å². The van der Waals surface area contributed by atoms with E-state index in [0.29, 0.717) is 24.3 Å². The van der Waals surface area contributed by atoms with Gasteiger partial charge in [0.15, 0.2) is 0 Å². The number of aliphatic hydroxyl groups is 1. The zero-order valence-electron chi connectivity index (χ0n) is 13.5. The molecule has 0 atom stereocenters. The predicted octanol–water partition coefficient (Wildman–Crippen LogP) is 1.47. The predicted molar refractivity (Wildman–Crippen MR) is 89.0 cm³/mol. The van der Waals surface area contributed by atoms with Gasteiger partial charge in [-0.05, 0) is 37.0 Å². The molecule has 2 fully saturated rings. The first kappa shape index (κ1) is 16.5. The maximum absolute atomic E-state index is 12.0. The summed E-state index contributed by atoms with van der Waals surface area (Å²) in [5.41, 5.74) is 1.27. The molecule has 8 nitrogen and oxygen atoms in total. The Labute approximate surface area is 140 Å². The van der Waals surface area contributed by atoms with Crippen LogP contribution >= 0.6 is 0 Å². The zero-order chi connectivity index (χ0) is 17.1. The van der Waals surface area contributed by atoms with E-state index in [1.165, 1.54) is 6.07 Å². The van der Waals surface area contributed by atoms with E-state index in [9.17, 15) is 20.0 Å². The van der Waals surface area contributed by atoms with E-state index in [2.05, 4.69) is 5.32 Å². The molecule has 1 aromatic rings. The van der Waals surface area contributed by atoms with Crippen LogP contribution in [-0.4, -0.2) is 53.2 Å². The summed E-state index contributed by atoms with van der Waals surface area (Å²) in [7, 11) is 0. The highest BCUT2D eigenvalue weighted by Crippen LogP contribution is 2.32. The smallest absolute Gasteiger partial charge is 0.317 e. The standard InChI is InChI=1S/C16H22N4O4/c21-11-12-2-3-14(20(23)24)15(10-12)18-8-4-13(5-9-18)19-7-1-6-17-16(19)22/h2-3,10,13,21H,1,4-9,11H2,(H,17,22). The van der Waals surface area contributed by atoms with Gasteiger partial charge >= 0.3 is 6.03 Å². The van der Waals surface area contributed by atoms with Gasteiger partial charge in [-0.2, -0.15) is 0 Å². The van der Waals surface area contributed by atoms with Crippen LogP contribution in [0.1, 0.15) is 24.8 Å². The van der Waals surface area contributed by atoms with Crippen molar-refractivity contribution in [3.63, 3.8) is 0 Å². The van der Waals surface area contributed by atoms with Crippen LogP contribution in [0.3, 0.4) is 0 Å². The molecule has 2 amide bonds. The van der Waals surface area contributed by atoms with Gasteiger partial charge in [0.2, 0.25) is 0 Å². The normalized spacial score (nSPS) is 19.3. The Morgan fingerprint density at radius 1 is 1.29 bits per heavy atom.